The van der Waals surface area contributed by atoms with Gasteiger partial charge in [0, 0.05) is 30.4 Å². The average Bonchev–Trinajstić information content (AvgIpc) is 2.98. The zero-order chi connectivity index (χ0) is 16.2. The number of pyridine rings is 1. The Bertz CT molecular complexity index is 823. The molecular weight excluding hydrogens is 365 g/mol. The van der Waals surface area contributed by atoms with Crippen LogP contribution in [0.5, 0.6) is 5.88 Å². The molecule has 0 N–H and O–H groups in total. The predicted octanol–water partition coefficient (Wildman–Crippen LogP) is 2.92. The molecule has 3 heterocycles. The standard InChI is InChI=1S/C15H15BrFN5O/c1-10-11(8-22-15(20-10)18-9-19-22)7-12-3-4-13(16)14(21-12)23-6-2-5-17/h3-4,8-9H,2,5-7H2,1H3. The van der Waals surface area contributed by atoms with Crippen molar-refractivity contribution in [3.05, 3.63) is 46.1 Å². The average molecular weight is 380 g/mol. The van der Waals surface area contributed by atoms with E-state index >= 15 is 0 Å². The highest BCUT2D eigenvalue weighted by Gasteiger charge is 2.10. The van der Waals surface area contributed by atoms with E-state index in [4.69, 9.17) is 4.74 Å². The van der Waals surface area contributed by atoms with Gasteiger partial charge in [-0.15, -0.1) is 0 Å². The number of aryl methyl sites for hydroxylation is 1. The summed E-state index contributed by atoms with van der Waals surface area (Å²) < 4.78 is 20.1. The summed E-state index contributed by atoms with van der Waals surface area (Å²) in [4.78, 5) is 13.0. The fraction of sp³-hybridized carbons (Fsp3) is 0.333. The Kier molecular flexibility index (Phi) is 4.80. The van der Waals surface area contributed by atoms with Gasteiger partial charge in [0.1, 0.15) is 6.33 Å². The van der Waals surface area contributed by atoms with E-state index in [1.807, 2.05) is 25.3 Å². The minimum absolute atomic E-state index is 0.303. The van der Waals surface area contributed by atoms with Crippen LogP contribution in [-0.2, 0) is 6.42 Å². The van der Waals surface area contributed by atoms with Gasteiger partial charge in [-0.2, -0.15) is 10.1 Å². The second-order valence-electron chi connectivity index (χ2n) is 5.01. The van der Waals surface area contributed by atoms with Crippen LogP contribution in [0.3, 0.4) is 0 Å². The summed E-state index contributed by atoms with van der Waals surface area (Å²) in [6.07, 6.45) is 4.32. The van der Waals surface area contributed by atoms with Crippen LogP contribution >= 0.6 is 15.9 Å². The molecule has 0 atom stereocenters. The molecule has 0 amide bonds. The number of halogens is 2. The fourth-order valence-corrected chi connectivity index (χ4v) is 2.47. The third-order valence-electron chi connectivity index (χ3n) is 3.32. The van der Waals surface area contributed by atoms with Crippen molar-refractivity contribution in [1.29, 1.82) is 0 Å². The smallest absolute Gasteiger partial charge is 0.252 e. The third kappa shape index (κ3) is 3.64. The van der Waals surface area contributed by atoms with Crippen molar-refractivity contribution < 1.29 is 9.13 Å². The lowest BCUT2D eigenvalue weighted by atomic mass is 10.1. The van der Waals surface area contributed by atoms with Gasteiger partial charge in [-0.3, -0.25) is 4.39 Å². The largest absolute Gasteiger partial charge is 0.477 e. The summed E-state index contributed by atoms with van der Waals surface area (Å²) in [5, 5.41) is 4.10. The molecule has 0 aliphatic heterocycles. The van der Waals surface area contributed by atoms with E-state index in [1.54, 1.807) is 4.52 Å². The number of aromatic nitrogens is 5. The summed E-state index contributed by atoms with van der Waals surface area (Å²) in [6.45, 7) is 1.83. The van der Waals surface area contributed by atoms with Crippen LogP contribution in [0.25, 0.3) is 5.78 Å². The number of fused-ring (bicyclic) bond motifs is 1. The van der Waals surface area contributed by atoms with E-state index in [0.29, 0.717) is 31.1 Å². The van der Waals surface area contributed by atoms with Crippen molar-refractivity contribution >= 4 is 21.7 Å². The SMILES string of the molecule is Cc1nc2ncnn2cc1Cc1ccc(Br)c(OCCCF)n1. The van der Waals surface area contributed by atoms with E-state index < -0.39 is 6.67 Å². The number of hydrogen-bond donors (Lipinski definition) is 0. The number of hydrogen-bond acceptors (Lipinski definition) is 5. The van der Waals surface area contributed by atoms with Gasteiger partial charge in [0.15, 0.2) is 0 Å². The number of rotatable bonds is 6. The summed E-state index contributed by atoms with van der Waals surface area (Å²) >= 11 is 3.39. The minimum atomic E-state index is -0.403. The number of ether oxygens (including phenoxy) is 1. The molecule has 8 heteroatoms. The van der Waals surface area contributed by atoms with Crippen molar-refractivity contribution in [2.24, 2.45) is 0 Å². The Hall–Kier alpha value is -2.09. The molecule has 0 fully saturated rings. The topological polar surface area (TPSA) is 65.2 Å². The van der Waals surface area contributed by atoms with E-state index in [0.717, 1.165) is 21.4 Å². The molecule has 120 valence electrons. The first-order valence-electron chi connectivity index (χ1n) is 7.17. The molecule has 23 heavy (non-hydrogen) atoms. The molecule has 6 nitrogen and oxygen atoms in total. The highest BCUT2D eigenvalue weighted by atomic mass is 79.9. The maximum Gasteiger partial charge on any atom is 0.252 e. The number of alkyl halides is 1. The highest BCUT2D eigenvalue weighted by Crippen LogP contribution is 2.24. The zero-order valence-corrected chi connectivity index (χ0v) is 14.1. The van der Waals surface area contributed by atoms with Gasteiger partial charge in [0.2, 0.25) is 5.88 Å². The highest BCUT2D eigenvalue weighted by molar-refractivity contribution is 9.10. The van der Waals surface area contributed by atoms with Crippen LogP contribution in [0.2, 0.25) is 0 Å². The quantitative estimate of drug-likeness (QED) is 0.616. The molecule has 3 rings (SSSR count). The van der Waals surface area contributed by atoms with Crippen LogP contribution in [0.1, 0.15) is 23.4 Å². The molecule has 0 unspecified atom stereocenters. The van der Waals surface area contributed by atoms with Crippen LogP contribution in [-0.4, -0.2) is 37.8 Å². The fourth-order valence-electron chi connectivity index (χ4n) is 2.13. The molecule has 0 aliphatic rings. The molecular formula is C15H15BrFN5O. The summed E-state index contributed by atoms with van der Waals surface area (Å²) in [7, 11) is 0. The summed E-state index contributed by atoms with van der Waals surface area (Å²) in [5.74, 6) is 1.05. The normalized spacial score (nSPS) is 11.1. The first-order valence-corrected chi connectivity index (χ1v) is 7.96. The second-order valence-corrected chi connectivity index (χ2v) is 5.87. The second kappa shape index (κ2) is 6.99. The maximum absolute atomic E-state index is 12.2. The van der Waals surface area contributed by atoms with Crippen molar-refractivity contribution in [3.8, 4) is 5.88 Å². The molecule has 3 aromatic heterocycles. The molecule has 0 saturated heterocycles. The van der Waals surface area contributed by atoms with Crippen LogP contribution < -0.4 is 4.74 Å². The Morgan fingerprint density at radius 1 is 1.30 bits per heavy atom. The lowest BCUT2D eigenvalue weighted by molar-refractivity contribution is 0.278. The van der Waals surface area contributed by atoms with E-state index in [9.17, 15) is 4.39 Å². The molecule has 0 radical (unpaired) electrons. The Morgan fingerprint density at radius 2 is 2.17 bits per heavy atom. The maximum atomic E-state index is 12.2. The first kappa shape index (κ1) is 15.8. The van der Waals surface area contributed by atoms with Crippen molar-refractivity contribution in [1.82, 2.24) is 24.6 Å². The number of nitrogens with zero attached hydrogens (tertiary/aromatic N) is 5. The Labute approximate surface area is 140 Å². The first-order chi connectivity index (χ1) is 11.2. The molecule has 0 bridgehead atoms. The molecule has 0 spiro atoms. The van der Waals surface area contributed by atoms with Crippen molar-refractivity contribution in [2.45, 2.75) is 19.8 Å². The van der Waals surface area contributed by atoms with Crippen molar-refractivity contribution in [2.75, 3.05) is 13.3 Å². The van der Waals surface area contributed by atoms with Gasteiger partial charge in [0.05, 0.1) is 17.8 Å². The lowest BCUT2D eigenvalue weighted by Crippen LogP contribution is -2.04. The van der Waals surface area contributed by atoms with Gasteiger partial charge in [0.25, 0.3) is 5.78 Å². The van der Waals surface area contributed by atoms with Crippen LogP contribution in [0, 0.1) is 6.92 Å². The zero-order valence-electron chi connectivity index (χ0n) is 12.5. The molecule has 0 aliphatic carbocycles. The van der Waals surface area contributed by atoms with E-state index in [-0.39, 0.29) is 0 Å². The van der Waals surface area contributed by atoms with Gasteiger partial charge >= 0.3 is 0 Å². The third-order valence-corrected chi connectivity index (χ3v) is 3.93. The minimum Gasteiger partial charge on any atom is -0.477 e. The molecule has 0 aromatic carbocycles. The van der Waals surface area contributed by atoms with E-state index in [1.165, 1.54) is 6.33 Å². The summed E-state index contributed by atoms with van der Waals surface area (Å²) in [5.41, 5.74) is 2.73. The monoisotopic (exact) mass is 379 g/mol. The van der Waals surface area contributed by atoms with Crippen molar-refractivity contribution in [3.63, 3.8) is 0 Å². The molecule has 3 aromatic rings. The lowest BCUT2D eigenvalue weighted by Gasteiger charge is -2.09. The Balaban J connectivity index is 1.83. The van der Waals surface area contributed by atoms with Gasteiger partial charge < -0.3 is 4.74 Å². The summed E-state index contributed by atoms with van der Waals surface area (Å²) in [6, 6.07) is 3.79. The van der Waals surface area contributed by atoms with Crippen LogP contribution in [0.15, 0.2) is 29.1 Å². The van der Waals surface area contributed by atoms with Gasteiger partial charge in [-0.25, -0.2) is 14.5 Å². The predicted molar refractivity (Wildman–Crippen MR) is 86.3 cm³/mol. The van der Waals surface area contributed by atoms with Gasteiger partial charge in [-0.1, -0.05) is 0 Å². The molecule has 0 saturated carbocycles. The van der Waals surface area contributed by atoms with Crippen LogP contribution in [0.4, 0.5) is 4.39 Å². The Morgan fingerprint density at radius 3 is 3.00 bits per heavy atom. The van der Waals surface area contributed by atoms with Gasteiger partial charge in [-0.05, 0) is 40.5 Å². The van der Waals surface area contributed by atoms with E-state index in [2.05, 4.69) is 36.0 Å².